The van der Waals surface area contributed by atoms with Crippen molar-refractivity contribution >= 4 is 0 Å². The van der Waals surface area contributed by atoms with E-state index in [2.05, 4.69) is 32.6 Å². The second-order valence-electron chi connectivity index (χ2n) is 5.29. The Hall–Kier alpha value is -0.0400. The zero-order valence-electron chi connectivity index (χ0n) is 10.5. The summed E-state index contributed by atoms with van der Waals surface area (Å²) in [7, 11) is 0. The second-order valence-corrected chi connectivity index (χ2v) is 5.29. The molecule has 0 spiro atoms. The Morgan fingerprint density at radius 2 is 2.07 bits per heavy atom. The molecule has 1 aliphatic rings. The van der Waals surface area contributed by atoms with Gasteiger partial charge in [-0.2, -0.15) is 0 Å². The van der Waals surface area contributed by atoms with Gasteiger partial charge in [0, 0.05) is 12.1 Å². The Kier molecular flexibility index (Phi) is 4.43. The van der Waals surface area contributed by atoms with Crippen molar-refractivity contribution in [3.63, 3.8) is 0 Å². The van der Waals surface area contributed by atoms with Crippen LogP contribution in [0.3, 0.4) is 0 Å². The highest BCUT2D eigenvalue weighted by atomic mass is 15.2. The van der Waals surface area contributed by atoms with Crippen LogP contribution in [0.15, 0.2) is 0 Å². The van der Waals surface area contributed by atoms with Crippen LogP contribution < -0.4 is 0 Å². The minimum Gasteiger partial charge on any atom is -0.298 e. The number of nitrogens with zero attached hydrogens (tertiary/aromatic N) is 1. The normalized spacial score (nSPS) is 28.7. The van der Waals surface area contributed by atoms with Crippen LogP contribution in [0.5, 0.6) is 0 Å². The summed E-state index contributed by atoms with van der Waals surface area (Å²) in [6.07, 6.45) is 6.81. The standard InChI is InChI=1S/C13H27N/c1-5-9-13(4,6-2)14-10-7-8-12(3)11-14/h12H,5-11H2,1-4H3/t12-,13?/m0/s1. The molecule has 1 rings (SSSR count). The van der Waals surface area contributed by atoms with E-state index in [1.54, 1.807) is 0 Å². The first-order chi connectivity index (χ1) is 6.62. The summed E-state index contributed by atoms with van der Waals surface area (Å²) in [6, 6.07) is 0. The fourth-order valence-electron chi connectivity index (χ4n) is 2.78. The lowest BCUT2D eigenvalue weighted by Crippen LogP contribution is -2.50. The van der Waals surface area contributed by atoms with E-state index in [1.807, 2.05) is 0 Å². The van der Waals surface area contributed by atoms with Crippen molar-refractivity contribution in [2.45, 2.75) is 65.3 Å². The summed E-state index contributed by atoms with van der Waals surface area (Å²) < 4.78 is 0. The van der Waals surface area contributed by atoms with E-state index in [9.17, 15) is 0 Å². The second kappa shape index (κ2) is 5.16. The molecule has 1 heterocycles. The van der Waals surface area contributed by atoms with Crippen LogP contribution in [0.25, 0.3) is 0 Å². The van der Waals surface area contributed by atoms with Gasteiger partial charge in [0.05, 0.1) is 0 Å². The Bertz CT molecular complexity index is 167. The summed E-state index contributed by atoms with van der Waals surface area (Å²) >= 11 is 0. The minimum atomic E-state index is 0.476. The van der Waals surface area contributed by atoms with Gasteiger partial charge in [0.2, 0.25) is 0 Å². The van der Waals surface area contributed by atoms with E-state index in [4.69, 9.17) is 0 Å². The maximum atomic E-state index is 2.74. The van der Waals surface area contributed by atoms with Gasteiger partial charge >= 0.3 is 0 Å². The SMILES string of the molecule is CCCC(C)(CC)N1CCC[C@H](C)C1. The van der Waals surface area contributed by atoms with Crippen LogP contribution in [0.2, 0.25) is 0 Å². The van der Waals surface area contributed by atoms with Crippen molar-refractivity contribution in [2.75, 3.05) is 13.1 Å². The summed E-state index contributed by atoms with van der Waals surface area (Å²) in [5.74, 6) is 0.909. The van der Waals surface area contributed by atoms with Crippen LogP contribution in [0.4, 0.5) is 0 Å². The van der Waals surface area contributed by atoms with Gasteiger partial charge in [-0.15, -0.1) is 0 Å². The Morgan fingerprint density at radius 1 is 1.36 bits per heavy atom. The van der Waals surface area contributed by atoms with Gasteiger partial charge in [-0.05, 0) is 45.1 Å². The number of piperidine rings is 1. The largest absolute Gasteiger partial charge is 0.298 e. The van der Waals surface area contributed by atoms with Crippen molar-refractivity contribution in [3.8, 4) is 0 Å². The third-order valence-corrected chi connectivity index (χ3v) is 3.97. The van der Waals surface area contributed by atoms with Crippen LogP contribution in [0, 0.1) is 5.92 Å². The summed E-state index contributed by atoms with van der Waals surface area (Å²) in [4.78, 5) is 2.74. The Balaban J connectivity index is 2.58. The van der Waals surface area contributed by atoms with Crippen LogP contribution in [0.1, 0.15) is 59.8 Å². The van der Waals surface area contributed by atoms with Gasteiger partial charge in [0.15, 0.2) is 0 Å². The van der Waals surface area contributed by atoms with Gasteiger partial charge in [-0.3, -0.25) is 4.90 Å². The molecular weight excluding hydrogens is 170 g/mol. The molecule has 0 aliphatic carbocycles. The lowest BCUT2D eigenvalue weighted by molar-refractivity contribution is 0.0482. The molecule has 0 aromatic carbocycles. The van der Waals surface area contributed by atoms with Gasteiger partial charge in [-0.1, -0.05) is 27.2 Å². The monoisotopic (exact) mass is 197 g/mol. The molecule has 0 amide bonds. The van der Waals surface area contributed by atoms with Crippen LogP contribution in [-0.4, -0.2) is 23.5 Å². The van der Waals surface area contributed by atoms with Crippen molar-refractivity contribution in [1.29, 1.82) is 0 Å². The van der Waals surface area contributed by atoms with Crippen molar-refractivity contribution < 1.29 is 0 Å². The van der Waals surface area contributed by atoms with E-state index in [-0.39, 0.29) is 0 Å². The predicted molar refractivity (Wildman–Crippen MR) is 63.6 cm³/mol. The molecule has 1 fully saturated rings. The number of hydrogen-bond acceptors (Lipinski definition) is 1. The van der Waals surface area contributed by atoms with Crippen molar-refractivity contribution in [2.24, 2.45) is 5.92 Å². The first-order valence-corrected chi connectivity index (χ1v) is 6.37. The third-order valence-electron chi connectivity index (χ3n) is 3.97. The molecule has 0 aromatic rings. The quantitative estimate of drug-likeness (QED) is 0.664. The zero-order valence-corrected chi connectivity index (χ0v) is 10.5. The van der Waals surface area contributed by atoms with E-state index in [1.165, 1.54) is 45.2 Å². The molecular formula is C13H27N. The van der Waals surface area contributed by atoms with Crippen molar-refractivity contribution in [1.82, 2.24) is 4.90 Å². The molecule has 84 valence electrons. The fraction of sp³-hybridized carbons (Fsp3) is 1.00. The van der Waals surface area contributed by atoms with Gasteiger partial charge < -0.3 is 0 Å². The van der Waals surface area contributed by atoms with Crippen molar-refractivity contribution in [3.05, 3.63) is 0 Å². The fourth-order valence-corrected chi connectivity index (χ4v) is 2.78. The predicted octanol–water partition coefficient (Wildman–Crippen LogP) is 3.69. The van der Waals surface area contributed by atoms with E-state index in [0.29, 0.717) is 5.54 Å². The summed E-state index contributed by atoms with van der Waals surface area (Å²) in [5.41, 5.74) is 0.476. The average molecular weight is 197 g/mol. The smallest absolute Gasteiger partial charge is 0.0178 e. The zero-order chi connectivity index (χ0) is 10.6. The van der Waals surface area contributed by atoms with E-state index < -0.39 is 0 Å². The maximum absolute atomic E-state index is 2.74. The first kappa shape index (κ1) is 12.0. The van der Waals surface area contributed by atoms with E-state index >= 15 is 0 Å². The molecule has 0 bridgehead atoms. The lowest BCUT2D eigenvalue weighted by atomic mass is 9.87. The minimum absolute atomic E-state index is 0.476. The molecule has 1 heteroatoms. The number of likely N-dealkylation sites (tertiary alicyclic amines) is 1. The number of hydrogen-bond donors (Lipinski definition) is 0. The molecule has 1 aliphatic heterocycles. The van der Waals surface area contributed by atoms with Crippen LogP contribution >= 0.6 is 0 Å². The van der Waals surface area contributed by atoms with Crippen LogP contribution in [-0.2, 0) is 0 Å². The third kappa shape index (κ3) is 2.73. The first-order valence-electron chi connectivity index (χ1n) is 6.37. The topological polar surface area (TPSA) is 3.24 Å². The molecule has 0 radical (unpaired) electrons. The van der Waals surface area contributed by atoms with Gasteiger partial charge in [0.1, 0.15) is 0 Å². The molecule has 0 aromatic heterocycles. The highest BCUT2D eigenvalue weighted by molar-refractivity contribution is 4.87. The Morgan fingerprint density at radius 3 is 2.57 bits per heavy atom. The van der Waals surface area contributed by atoms with Gasteiger partial charge in [0.25, 0.3) is 0 Å². The molecule has 0 N–H and O–H groups in total. The average Bonchev–Trinajstić information content (AvgIpc) is 2.18. The lowest BCUT2D eigenvalue weighted by Gasteiger charge is -2.45. The number of rotatable bonds is 4. The highest BCUT2D eigenvalue weighted by Crippen LogP contribution is 2.29. The Labute approximate surface area is 89.9 Å². The summed E-state index contributed by atoms with van der Waals surface area (Å²) in [5, 5.41) is 0. The molecule has 1 unspecified atom stereocenters. The molecule has 2 atom stereocenters. The molecule has 0 saturated carbocycles. The molecule has 1 saturated heterocycles. The molecule has 1 nitrogen and oxygen atoms in total. The van der Waals surface area contributed by atoms with E-state index in [0.717, 1.165) is 5.92 Å². The van der Waals surface area contributed by atoms with Gasteiger partial charge in [-0.25, -0.2) is 0 Å². The maximum Gasteiger partial charge on any atom is 0.0178 e. The summed E-state index contributed by atoms with van der Waals surface area (Å²) in [6.45, 7) is 12.2. The molecule has 14 heavy (non-hydrogen) atoms. The highest BCUT2D eigenvalue weighted by Gasteiger charge is 2.31.